The molecule has 0 aliphatic rings. The van der Waals surface area contributed by atoms with Gasteiger partial charge < -0.3 is 9.84 Å². The molecule has 0 saturated carbocycles. The highest BCUT2D eigenvalue weighted by Gasteiger charge is 2.15. The summed E-state index contributed by atoms with van der Waals surface area (Å²) in [5.74, 6) is -0.484. The first-order chi connectivity index (χ1) is 15.4. The Balaban J connectivity index is 1.71. The van der Waals surface area contributed by atoms with E-state index in [1.165, 1.54) is 75.3 Å². The summed E-state index contributed by atoms with van der Waals surface area (Å²) in [4.78, 5) is 12.3. The van der Waals surface area contributed by atoms with Gasteiger partial charge in [0.2, 0.25) is 0 Å². The fourth-order valence-electron chi connectivity index (χ4n) is 3.39. The third-order valence-electron chi connectivity index (χ3n) is 5.23. The molecule has 0 bridgehead atoms. The fraction of sp³-hybridized carbons (Fsp3) is 0.480. The summed E-state index contributed by atoms with van der Waals surface area (Å²) >= 11 is 0. The van der Waals surface area contributed by atoms with Crippen LogP contribution < -0.4 is 4.72 Å². The van der Waals surface area contributed by atoms with Crippen molar-refractivity contribution in [3.8, 4) is 5.75 Å². The molecule has 0 radical (unpaired) electrons. The van der Waals surface area contributed by atoms with Crippen LogP contribution in [-0.2, 0) is 14.8 Å². The first kappa shape index (κ1) is 25.7. The molecule has 2 aromatic rings. The van der Waals surface area contributed by atoms with Gasteiger partial charge in [0.1, 0.15) is 5.75 Å². The zero-order chi connectivity index (χ0) is 23.2. The minimum Gasteiger partial charge on any atom is -0.508 e. The first-order valence-electron chi connectivity index (χ1n) is 11.5. The van der Waals surface area contributed by atoms with Crippen molar-refractivity contribution in [3.05, 3.63) is 54.1 Å². The van der Waals surface area contributed by atoms with Crippen molar-refractivity contribution in [2.75, 3.05) is 11.3 Å². The van der Waals surface area contributed by atoms with Gasteiger partial charge in [0, 0.05) is 5.69 Å². The number of ether oxygens (including phenoxy) is 1. The van der Waals surface area contributed by atoms with E-state index >= 15 is 0 Å². The van der Waals surface area contributed by atoms with Crippen LogP contribution >= 0.6 is 0 Å². The zero-order valence-corrected chi connectivity index (χ0v) is 19.7. The van der Waals surface area contributed by atoms with E-state index in [1.54, 1.807) is 18.2 Å². The molecule has 0 saturated heterocycles. The number of carbonyl (C=O) groups is 1. The van der Waals surface area contributed by atoms with Crippen LogP contribution in [0.5, 0.6) is 5.75 Å². The van der Waals surface area contributed by atoms with Gasteiger partial charge in [0.05, 0.1) is 17.1 Å². The van der Waals surface area contributed by atoms with E-state index in [2.05, 4.69) is 11.6 Å². The number of carbonyl (C=O) groups excluding carboxylic acids is 1. The maximum absolute atomic E-state index is 12.5. The first-order valence-corrected chi connectivity index (χ1v) is 13.0. The zero-order valence-electron chi connectivity index (χ0n) is 18.9. The Morgan fingerprint density at radius 3 is 2.09 bits per heavy atom. The van der Waals surface area contributed by atoms with Crippen molar-refractivity contribution in [1.29, 1.82) is 0 Å². The maximum atomic E-state index is 12.5. The molecule has 0 aromatic heterocycles. The van der Waals surface area contributed by atoms with Gasteiger partial charge in [-0.05, 0) is 48.9 Å². The Morgan fingerprint density at radius 2 is 1.47 bits per heavy atom. The van der Waals surface area contributed by atoms with E-state index < -0.39 is 16.0 Å². The van der Waals surface area contributed by atoms with Gasteiger partial charge in [-0.1, -0.05) is 70.8 Å². The number of nitrogens with one attached hydrogen (secondary N) is 1. The van der Waals surface area contributed by atoms with Crippen LogP contribution in [0.25, 0.3) is 0 Å². The molecule has 0 amide bonds. The minimum atomic E-state index is -3.82. The Morgan fingerprint density at radius 1 is 0.875 bits per heavy atom. The summed E-state index contributed by atoms with van der Waals surface area (Å²) in [6.45, 7) is 2.59. The summed E-state index contributed by atoms with van der Waals surface area (Å²) in [5, 5.41) is 9.32. The van der Waals surface area contributed by atoms with Crippen LogP contribution in [0.1, 0.15) is 81.5 Å². The van der Waals surface area contributed by atoms with Crippen LogP contribution in [0.4, 0.5) is 5.69 Å². The summed E-state index contributed by atoms with van der Waals surface area (Å²) < 4.78 is 32.7. The average molecular weight is 462 g/mol. The number of esters is 1. The molecular formula is C25H35NO5S. The molecule has 32 heavy (non-hydrogen) atoms. The molecule has 0 heterocycles. The van der Waals surface area contributed by atoms with Crippen LogP contribution in [0.3, 0.4) is 0 Å². The van der Waals surface area contributed by atoms with Crippen LogP contribution in [0.2, 0.25) is 0 Å². The van der Waals surface area contributed by atoms with Crippen molar-refractivity contribution >= 4 is 21.7 Å². The SMILES string of the molecule is CCCCCCCCCCCCOC(=O)c1cccc(NS(=O)(=O)c2ccc(O)cc2)c1. The van der Waals surface area contributed by atoms with Gasteiger partial charge in [0.15, 0.2) is 0 Å². The molecule has 6 nitrogen and oxygen atoms in total. The Kier molecular flexibility index (Phi) is 11.1. The van der Waals surface area contributed by atoms with E-state index in [4.69, 9.17) is 4.74 Å². The largest absolute Gasteiger partial charge is 0.508 e. The van der Waals surface area contributed by atoms with E-state index in [1.807, 2.05) is 0 Å². The standard InChI is InChI=1S/C25H35NO5S/c1-2-3-4-5-6-7-8-9-10-11-19-31-25(28)21-13-12-14-22(20-21)26-32(29,30)24-17-15-23(27)16-18-24/h12-18,20,26-27H,2-11,19H2,1H3. The normalized spacial score (nSPS) is 11.3. The van der Waals surface area contributed by atoms with Crippen molar-refractivity contribution < 1.29 is 23.1 Å². The minimum absolute atomic E-state index is 0.0175. The van der Waals surface area contributed by atoms with Gasteiger partial charge in [-0.15, -0.1) is 0 Å². The van der Waals surface area contributed by atoms with Crippen LogP contribution in [0.15, 0.2) is 53.4 Å². The van der Waals surface area contributed by atoms with Crippen LogP contribution in [0, 0.1) is 0 Å². The highest BCUT2D eigenvalue weighted by Crippen LogP contribution is 2.20. The molecule has 2 rings (SSSR count). The molecule has 7 heteroatoms. The third kappa shape index (κ3) is 9.30. The number of hydrogen-bond acceptors (Lipinski definition) is 5. The second-order valence-corrected chi connectivity index (χ2v) is 9.68. The van der Waals surface area contributed by atoms with E-state index in [0.717, 1.165) is 19.3 Å². The highest BCUT2D eigenvalue weighted by molar-refractivity contribution is 7.92. The lowest BCUT2D eigenvalue weighted by molar-refractivity contribution is 0.0497. The lowest BCUT2D eigenvalue weighted by Gasteiger charge is -2.10. The predicted octanol–water partition coefficient (Wildman–Crippen LogP) is 6.27. The second kappa shape index (κ2) is 13.8. The fourth-order valence-corrected chi connectivity index (χ4v) is 4.44. The molecule has 2 aromatic carbocycles. The number of hydrogen-bond donors (Lipinski definition) is 2. The predicted molar refractivity (Wildman–Crippen MR) is 127 cm³/mol. The number of aromatic hydroxyl groups is 1. The number of benzene rings is 2. The monoisotopic (exact) mass is 461 g/mol. The summed E-state index contributed by atoms with van der Waals surface area (Å²) in [6.07, 6.45) is 12.1. The topological polar surface area (TPSA) is 92.7 Å². The van der Waals surface area contributed by atoms with E-state index in [9.17, 15) is 18.3 Å². The number of anilines is 1. The molecule has 0 aliphatic heterocycles. The molecule has 0 atom stereocenters. The van der Waals surface area contributed by atoms with Gasteiger partial charge >= 0.3 is 5.97 Å². The quantitative estimate of drug-likeness (QED) is 0.241. The van der Waals surface area contributed by atoms with Crippen molar-refractivity contribution in [2.45, 2.75) is 76.0 Å². The summed E-state index contributed by atoms with van der Waals surface area (Å²) in [5.41, 5.74) is 0.564. The smallest absolute Gasteiger partial charge is 0.338 e. The summed E-state index contributed by atoms with van der Waals surface area (Å²) in [6, 6.07) is 11.4. The van der Waals surface area contributed by atoms with Gasteiger partial charge in [-0.2, -0.15) is 0 Å². The molecular weight excluding hydrogens is 426 g/mol. The number of phenolic OH excluding ortho intramolecular Hbond substituents is 1. The Labute approximate surface area is 192 Å². The van der Waals surface area contributed by atoms with Gasteiger partial charge in [-0.3, -0.25) is 4.72 Å². The molecule has 176 valence electrons. The Hall–Kier alpha value is -2.54. The van der Waals surface area contributed by atoms with Crippen LogP contribution in [-0.4, -0.2) is 26.1 Å². The number of sulfonamides is 1. The van der Waals surface area contributed by atoms with Gasteiger partial charge in [0.25, 0.3) is 10.0 Å². The van der Waals surface area contributed by atoms with Crippen molar-refractivity contribution in [3.63, 3.8) is 0 Å². The lowest BCUT2D eigenvalue weighted by Crippen LogP contribution is -2.13. The maximum Gasteiger partial charge on any atom is 0.338 e. The molecule has 0 fully saturated rings. The summed E-state index contributed by atoms with van der Waals surface area (Å²) in [7, 11) is -3.82. The Bertz CT molecular complexity index is 926. The molecule has 0 spiro atoms. The van der Waals surface area contributed by atoms with E-state index in [0.29, 0.717) is 12.2 Å². The van der Waals surface area contributed by atoms with E-state index in [-0.39, 0.29) is 16.3 Å². The molecule has 2 N–H and O–H groups in total. The number of phenols is 1. The molecule has 0 aliphatic carbocycles. The average Bonchev–Trinajstić information content (AvgIpc) is 2.77. The third-order valence-corrected chi connectivity index (χ3v) is 6.63. The highest BCUT2D eigenvalue weighted by atomic mass is 32.2. The van der Waals surface area contributed by atoms with Crippen molar-refractivity contribution in [1.82, 2.24) is 0 Å². The number of rotatable bonds is 15. The lowest BCUT2D eigenvalue weighted by atomic mass is 10.1. The second-order valence-electron chi connectivity index (χ2n) is 8.00. The van der Waals surface area contributed by atoms with Gasteiger partial charge in [-0.25, -0.2) is 13.2 Å². The van der Waals surface area contributed by atoms with Crippen molar-refractivity contribution in [2.24, 2.45) is 0 Å². The number of unbranched alkanes of at least 4 members (excludes halogenated alkanes) is 9. The molecule has 0 unspecified atom stereocenters.